The molecule has 0 bridgehead atoms. The van der Waals surface area contributed by atoms with Gasteiger partial charge >= 0.3 is 0 Å². The second-order valence-corrected chi connectivity index (χ2v) is 4.75. The van der Waals surface area contributed by atoms with Gasteiger partial charge in [-0.25, -0.2) is 12.7 Å². The fourth-order valence-corrected chi connectivity index (χ4v) is 2.63. The van der Waals surface area contributed by atoms with Crippen LogP contribution in [-0.4, -0.2) is 31.6 Å². The van der Waals surface area contributed by atoms with E-state index in [1.807, 2.05) is 19.9 Å². The predicted octanol–water partition coefficient (Wildman–Crippen LogP) is 0.962. The number of hydrogen-bond acceptors (Lipinski definition) is 3. The fraction of sp³-hybridized carbons (Fsp3) is 0.875. The summed E-state index contributed by atoms with van der Waals surface area (Å²) in [6.07, 6.45) is 0.732. The Hall–Kier alpha value is -0.600. The third-order valence-corrected chi connectivity index (χ3v) is 3.90. The first kappa shape index (κ1) is 12.4. The van der Waals surface area contributed by atoms with Crippen molar-refractivity contribution >= 4 is 10.0 Å². The van der Waals surface area contributed by atoms with Crippen LogP contribution in [0.3, 0.4) is 0 Å². The minimum Gasteiger partial charge on any atom is -0.212 e. The SMILES string of the molecule is CCN(CC)S(=O)(=O)CCCC#N. The Morgan fingerprint density at radius 3 is 2.23 bits per heavy atom. The Kier molecular flexibility index (Phi) is 5.67. The summed E-state index contributed by atoms with van der Waals surface area (Å²) in [4.78, 5) is 0. The van der Waals surface area contributed by atoms with Crippen molar-refractivity contribution in [1.82, 2.24) is 4.31 Å². The molecule has 0 amide bonds. The lowest BCUT2D eigenvalue weighted by atomic mass is 10.4. The Morgan fingerprint density at radius 1 is 1.31 bits per heavy atom. The van der Waals surface area contributed by atoms with E-state index in [0.717, 1.165) is 0 Å². The Bertz CT molecular complexity index is 262. The molecule has 0 rings (SSSR count). The summed E-state index contributed by atoms with van der Waals surface area (Å²) >= 11 is 0. The lowest BCUT2D eigenvalue weighted by Gasteiger charge is -2.17. The molecular formula is C8H16N2O2S. The maximum atomic E-state index is 11.5. The molecular weight excluding hydrogens is 188 g/mol. The summed E-state index contributed by atoms with van der Waals surface area (Å²) in [6.45, 7) is 4.63. The van der Waals surface area contributed by atoms with Crippen LogP contribution in [0.4, 0.5) is 0 Å². The summed E-state index contributed by atoms with van der Waals surface area (Å²) in [5, 5.41) is 8.26. The molecule has 0 aromatic heterocycles. The maximum Gasteiger partial charge on any atom is 0.214 e. The van der Waals surface area contributed by atoms with Gasteiger partial charge in [-0.1, -0.05) is 13.8 Å². The van der Waals surface area contributed by atoms with Crippen LogP contribution in [-0.2, 0) is 10.0 Å². The number of unbranched alkanes of at least 4 members (excludes halogenated alkanes) is 1. The molecule has 0 aliphatic rings. The molecule has 0 atom stereocenters. The van der Waals surface area contributed by atoms with Crippen molar-refractivity contribution in [1.29, 1.82) is 5.26 Å². The van der Waals surface area contributed by atoms with Crippen LogP contribution in [0.1, 0.15) is 26.7 Å². The third kappa shape index (κ3) is 4.25. The van der Waals surface area contributed by atoms with Gasteiger partial charge in [0, 0.05) is 19.5 Å². The fourth-order valence-electron chi connectivity index (χ4n) is 1.08. The Labute approximate surface area is 80.2 Å². The highest BCUT2D eigenvalue weighted by molar-refractivity contribution is 7.89. The zero-order chi connectivity index (χ0) is 10.3. The van der Waals surface area contributed by atoms with Crippen molar-refractivity contribution in [3.05, 3.63) is 0 Å². The van der Waals surface area contributed by atoms with Gasteiger partial charge in [0.15, 0.2) is 0 Å². The minimum atomic E-state index is -3.11. The number of nitriles is 1. The molecule has 0 radical (unpaired) electrons. The zero-order valence-electron chi connectivity index (χ0n) is 8.15. The topological polar surface area (TPSA) is 61.2 Å². The van der Waals surface area contributed by atoms with Crippen LogP contribution in [0.2, 0.25) is 0 Å². The average molecular weight is 204 g/mol. The number of hydrogen-bond donors (Lipinski definition) is 0. The molecule has 0 saturated carbocycles. The number of sulfonamides is 1. The molecule has 13 heavy (non-hydrogen) atoms. The highest BCUT2D eigenvalue weighted by atomic mass is 32.2. The second kappa shape index (κ2) is 5.95. The molecule has 0 aliphatic carbocycles. The zero-order valence-corrected chi connectivity index (χ0v) is 8.97. The number of nitrogens with zero attached hydrogens (tertiary/aromatic N) is 2. The summed E-state index contributed by atoms with van der Waals surface area (Å²) in [5.74, 6) is 0.0856. The quantitative estimate of drug-likeness (QED) is 0.605. The van der Waals surface area contributed by atoms with Gasteiger partial charge in [0.25, 0.3) is 0 Å². The van der Waals surface area contributed by atoms with Gasteiger partial charge in [0.2, 0.25) is 10.0 Å². The molecule has 0 fully saturated rings. The first-order valence-electron chi connectivity index (χ1n) is 4.43. The number of rotatable bonds is 6. The van der Waals surface area contributed by atoms with Crippen LogP contribution in [0.5, 0.6) is 0 Å². The predicted molar refractivity (Wildman–Crippen MR) is 51.6 cm³/mol. The monoisotopic (exact) mass is 204 g/mol. The lowest BCUT2D eigenvalue weighted by molar-refractivity contribution is 0.444. The van der Waals surface area contributed by atoms with Crippen LogP contribution >= 0.6 is 0 Å². The van der Waals surface area contributed by atoms with E-state index in [4.69, 9.17) is 5.26 Å². The van der Waals surface area contributed by atoms with Crippen LogP contribution < -0.4 is 0 Å². The van der Waals surface area contributed by atoms with Gasteiger partial charge in [0.1, 0.15) is 0 Å². The summed E-state index contributed by atoms with van der Waals surface area (Å²) < 4.78 is 24.4. The summed E-state index contributed by atoms with van der Waals surface area (Å²) in [5.41, 5.74) is 0. The van der Waals surface area contributed by atoms with Crippen LogP contribution in [0.25, 0.3) is 0 Å². The van der Waals surface area contributed by atoms with Crippen molar-refractivity contribution in [3.63, 3.8) is 0 Å². The van der Waals surface area contributed by atoms with Crippen molar-refractivity contribution in [2.24, 2.45) is 0 Å². The lowest BCUT2D eigenvalue weighted by Crippen LogP contribution is -2.32. The molecule has 0 heterocycles. The van der Waals surface area contributed by atoms with Crippen molar-refractivity contribution in [2.45, 2.75) is 26.7 Å². The molecule has 76 valence electrons. The Morgan fingerprint density at radius 2 is 1.85 bits per heavy atom. The molecule has 0 saturated heterocycles. The van der Waals surface area contributed by atoms with Gasteiger partial charge in [-0.3, -0.25) is 0 Å². The minimum absolute atomic E-state index is 0.0856. The third-order valence-electron chi connectivity index (χ3n) is 1.79. The van der Waals surface area contributed by atoms with Crippen LogP contribution in [0, 0.1) is 11.3 Å². The van der Waals surface area contributed by atoms with Gasteiger partial charge < -0.3 is 0 Å². The molecule has 0 aliphatic heterocycles. The smallest absolute Gasteiger partial charge is 0.212 e. The highest BCUT2D eigenvalue weighted by Gasteiger charge is 2.17. The van der Waals surface area contributed by atoms with Gasteiger partial charge in [-0.15, -0.1) is 0 Å². The highest BCUT2D eigenvalue weighted by Crippen LogP contribution is 2.03. The average Bonchev–Trinajstić information content (AvgIpc) is 2.06. The van der Waals surface area contributed by atoms with Crippen molar-refractivity contribution in [2.75, 3.05) is 18.8 Å². The first-order chi connectivity index (χ1) is 6.08. The van der Waals surface area contributed by atoms with Gasteiger partial charge in [0.05, 0.1) is 11.8 Å². The molecule has 0 aromatic carbocycles. The Balaban J connectivity index is 4.15. The molecule has 0 spiro atoms. The van der Waals surface area contributed by atoms with E-state index < -0.39 is 10.0 Å². The standard InChI is InChI=1S/C8H16N2O2S/c1-3-10(4-2)13(11,12)8-6-5-7-9/h3-6,8H2,1-2H3. The molecule has 5 heteroatoms. The van der Waals surface area contributed by atoms with Gasteiger partial charge in [-0.2, -0.15) is 5.26 Å². The summed E-state index contributed by atoms with van der Waals surface area (Å²) in [7, 11) is -3.11. The molecule has 0 unspecified atom stereocenters. The van der Waals surface area contributed by atoms with E-state index in [2.05, 4.69) is 0 Å². The molecule has 4 nitrogen and oxygen atoms in total. The maximum absolute atomic E-state index is 11.5. The normalized spacial score (nSPS) is 11.5. The van der Waals surface area contributed by atoms with Crippen molar-refractivity contribution < 1.29 is 8.42 Å². The van der Waals surface area contributed by atoms with E-state index in [0.29, 0.717) is 25.9 Å². The van der Waals surface area contributed by atoms with E-state index in [1.165, 1.54) is 4.31 Å². The first-order valence-corrected chi connectivity index (χ1v) is 6.04. The van der Waals surface area contributed by atoms with Gasteiger partial charge in [-0.05, 0) is 6.42 Å². The molecule has 0 N–H and O–H groups in total. The van der Waals surface area contributed by atoms with Crippen molar-refractivity contribution in [3.8, 4) is 6.07 Å². The van der Waals surface area contributed by atoms with E-state index in [9.17, 15) is 8.42 Å². The van der Waals surface area contributed by atoms with Crippen LogP contribution in [0.15, 0.2) is 0 Å². The molecule has 0 aromatic rings. The second-order valence-electron chi connectivity index (χ2n) is 2.66. The van der Waals surface area contributed by atoms with E-state index in [-0.39, 0.29) is 5.75 Å². The summed E-state index contributed by atoms with van der Waals surface area (Å²) in [6, 6.07) is 1.93. The largest absolute Gasteiger partial charge is 0.214 e. The van der Waals surface area contributed by atoms with E-state index in [1.54, 1.807) is 0 Å². The van der Waals surface area contributed by atoms with E-state index >= 15 is 0 Å².